The monoisotopic (exact) mass is 155 g/mol. The predicted molar refractivity (Wildman–Crippen MR) is 45.2 cm³/mol. The standard InChI is InChI=1S/C9H17NO/c1-6(2)10-8(4)7(3)5-9(10)11/h6-8H,5H2,1-4H3. The van der Waals surface area contributed by atoms with E-state index in [1.807, 2.05) is 4.90 Å². The van der Waals surface area contributed by atoms with Crippen molar-refractivity contribution in [2.24, 2.45) is 5.92 Å². The molecule has 1 saturated heterocycles. The Morgan fingerprint density at radius 1 is 1.45 bits per heavy atom. The Kier molecular flexibility index (Phi) is 2.21. The molecule has 11 heavy (non-hydrogen) atoms. The van der Waals surface area contributed by atoms with Gasteiger partial charge in [0.2, 0.25) is 5.91 Å². The van der Waals surface area contributed by atoms with E-state index in [2.05, 4.69) is 27.7 Å². The van der Waals surface area contributed by atoms with Crippen molar-refractivity contribution in [2.45, 2.75) is 46.2 Å². The van der Waals surface area contributed by atoms with Gasteiger partial charge in [0.25, 0.3) is 0 Å². The van der Waals surface area contributed by atoms with Gasteiger partial charge < -0.3 is 4.90 Å². The van der Waals surface area contributed by atoms with Crippen molar-refractivity contribution in [1.29, 1.82) is 0 Å². The number of carbonyl (C=O) groups excluding carboxylic acids is 1. The molecule has 2 heteroatoms. The molecule has 0 aromatic heterocycles. The fourth-order valence-corrected chi connectivity index (χ4v) is 1.81. The number of amides is 1. The lowest BCUT2D eigenvalue weighted by Crippen LogP contribution is -2.38. The van der Waals surface area contributed by atoms with E-state index in [1.54, 1.807) is 0 Å². The number of hydrogen-bond acceptors (Lipinski definition) is 1. The molecule has 0 bridgehead atoms. The molecule has 0 radical (unpaired) electrons. The maximum absolute atomic E-state index is 11.4. The Balaban J connectivity index is 2.71. The summed E-state index contributed by atoms with van der Waals surface area (Å²) in [5.74, 6) is 0.852. The summed E-state index contributed by atoms with van der Waals surface area (Å²) in [6.07, 6.45) is 0.735. The molecule has 0 spiro atoms. The van der Waals surface area contributed by atoms with Crippen LogP contribution in [0.3, 0.4) is 0 Å². The second-order valence-corrected chi connectivity index (χ2v) is 3.82. The van der Waals surface area contributed by atoms with Gasteiger partial charge in [0.05, 0.1) is 0 Å². The molecule has 1 fully saturated rings. The molecular formula is C9H17NO. The van der Waals surface area contributed by atoms with Crippen LogP contribution in [0.5, 0.6) is 0 Å². The zero-order valence-electron chi connectivity index (χ0n) is 7.79. The summed E-state index contributed by atoms with van der Waals surface area (Å²) in [7, 11) is 0. The molecule has 0 aromatic rings. The minimum atomic E-state index is 0.319. The van der Waals surface area contributed by atoms with Gasteiger partial charge in [-0.1, -0.05) is 6.92 Å². The van der Waals surface area contributed by atoms with Crippen molar-refractivity contribution < 1.29 is 4.79 Å². The number of carbonyl (C=O) groups is 1. The molecule has 0 aliphatic carbocycles. The van der Waals surface area contributed by atoms with Gasteiger partial charge in [-0.2, -0.15) is 0 Å². The van der Waals surface area contributed by atoms with E-state index in [-0.39, 0.29) is 0 Å². The molecule has 2 unspecified atom stereocenters. The molecular weight excluding hydrogens is 138 g/mol. The van der Waals surface area contributed by atoms with Crippen LogP contribution in [-0.2, 0) is 4.79 Å². The lowest BCUT2D eigenvalue weighted by atomic mass is 10.0. The van der Waals surface area contributed by atoms with Gasteiger partial charge in [-0.25, -0.2) is 0 Å². The summed E-state index contributed by atoms with van der Waals surface area (Å²) in [5.41, 5.74) is 0. The van der Waals surface area contributed by atoms with Crippen LogP contribution < -0.4 is 0 Å². The topological polar surface area (TPSA) is 20.3 Å². The number of hydrogen-bond donors (Lipinski definition) is 0. The van der Waals surface area contributed by atoms with E-state index in [0.29, 0.717) is 23.9 Å². The van der Waals surface area contributed by atoms with Gasteiger partial charge in [-0.3, -0.25) is 4.79 Å². The maximum Gasteiger partial charge on any atom is 0.223 e. The van der Waals surface area contributed by atoms with Crippen molar-refractivity contribution in [1.82, 2.24) is 4.90 Å². The van der Waals surface area contributed by atoms with Crippen molar-refractivity contribution in [3.8, 4) is 0 Å². The third kappa shape index (κ3) is 1.39. The summed E-state index contributed by atoms with van der Waals surface area (Å²) in [4.78, 5) is 13.4. The van der Waals surface area contributed by atoms with Crippen LogP contribution in [0.25, 0.3) is 0 Å². The van der Waals surface area contributed by atoms with Crippen molar-refractivity contribution >= 4 is 5.91 Å². The Bertz CT molecular complexity index is 165. The molecule has 2 nitrogen and oxygen atoms in total. The first kappa shape index (κ1) is 8.57. The number of rotatable bonds is 1. The minimum Gasteiger partial charge on any atom is -0.337 e. The quantitative estimate of drug-likeness (QED) is 0.564. The molecule has 0 aromatic carbocycles. The fraction of sp³-hybridized carbons (Fsp3) is 0.889. The second kappa shape index (κ2) is 2.84. The third-order valence-electron chi connectivity index (χ3n) is 2.60. The van der Waals surface area contributed by atoms with Crippen LogP contribution in [0.4, 0.5) is 0 Å². The van der Waals surface area contributed by atoms with Crippen LogP contribution in [0.1, 0.15) is 34.1 Å². The summed E-state index contributed by atoms with van der Waals surface area (Å²) in [5, 5.41) is 0. The fourth-order valence-electron chi connectivity index (χ4n) is 1.81. The average Bonchev–Trinajstić information content (AvgIpc) is 2.07. The normalized spacial score (nSPS) is 32.1. The summed E-state index contributed by atoms with van der Waals surface area (Å²) in [6, 6.07) is 0.796. The van der Waals surface area contributed by atoms with Gasteiger partial charge in [0, 0.05) is 18.5 Å². The number of nitrogens with zero attached hydrogens (tertiary/aromatic N) is 1. The number of likely N-dealkylation sites (tertiary alicyclic amines) is 1. The van der Waals surface area contributed by atoms with Crippen LogP contribution in [0.2, 0.25) is 0 Å². The van der Waals surface area contributed by atoms with Crippen LogP contribution >= 0.6 is 0 Å². The highest BCUT2D eigenvalue weighted by molar-refractivity contribution is 5.79. The Morgan fingerprint density at radius 3 is 2.18 bits per heavy atom. The lowest BCUT2D eigenvalue weighted by molar-refractivity contribution is -0.130. The maximum atomic E-state index is 11.4. The van der Waals surface area contributed by atoms with E-state index < -0.39 is 0 Å². The largest absolute Gasteiger partial charge is 0.337 e. The highest BCUT2D eigenvalue weighted by Crippen LogP contribution is 2.26. The van der Waals surface area contributed by atoms with Gasteiger partial charge in [0.1, 0.15) is 0 Å². The second-order valence-electron chi connectivity index (χ2n) is 3.82. The Hall–Kier alpha value is -0.530. The van der Waals surface area contributed by atoms with E-state index >= 15 is 0 Å². The van der Waals surface area contributed by atoms with E-state index in [4.69, 9.17) is 0 Å². The molecule has 0 N–H and O–H groups in total. The zero-order chi connectivity index (χ0) is 8.59. The molecule has 1 aliphatic rings. The molecule has 1 heterocycles. The first-order chi connectivity index (χ1) is 5.04. The lowest BCUT2D eigenvalue weighted by Gasteiger charge is -2.27. The van der Waals surface area contributed by atoms with Crippen LogP contribution in [0.15, 0.2) is 0 Å². The SMILES string of the molecule is CC1CC(=O)N(C(C)C)C1C. The van der Waals surface area contributed by atoms with Gasteiger partial charge in [-0.15, -0.1) is 0 Å². The highest BCUT2D eigenvalue weighted by atomic mass is 16.2. The molecule has 1 aliphatic heterocycles. The van der Waals surface area contributed by atoms with Crippen LogP contribution in [0, 0.1) is 5.92 Å². The molecule has 1 amide bonds. The zero-order valence-corrected chi connectivity index (χ0v) is 7.79. The molecule has 0 saturated carbocycles. The third-order valence-corrected chi connectivity index (χ3v) is 2.60. The van der Waals surface area contributed by atoms with Gasteiger partial charge in [-0.05, 0) is 26.7 Å². The van der Waals surface area contributed by atoms with Crippen molar-refractivity contribution in [2.75, 3.05) is 0 Å². The molecule has 64 valence electrons. The first-order valence-electron chi connectivity index (χ1n) is 4.35. The minimum absolute atomic E-state index is 0.319. The average molecular weight is 155 g/mol. The van der Waals surface area contributed by atoms with Crippen molar-refractivity contribution in [3.05, 3.63) is 0 Å². The summed E-state index contributed by atoms with van der Waals surface area (Å²) < 4.78 is 0. The summed E-state index contributed by atoms with van der Waals surface area (Å²) in [6.45, 7) is 8.43. The summed E-state index contributed by atoms with van der Waals surface area (Å²) >= 11 is 0. The Morgan fingerprint density at radius 2 is 2.00 bits per heavy atom. The smallest absolute Gasteiger partial charge is 0.223 e. The highest BCUT2D eigenvalue weighted by Gasteiger charge is 2.34. The molecule has 2 atom stereocenters. The van der Waals surface area contributed by atoms with Crippen molar-refractivity contribution in [3.63, 3.8) is 0 Å². The van der Waals surface area contributed by atoms with E-state index in [9.17, 15) is 4.79 Å². The Labute approximate surface area is 68.6 Å². The predicted octanol–water partition coefficient (Wildman–Crippen LogP) is 1.65. The van der Waals surface area contributed by atoms with E-state index in [1.165, 1.54) is 0 Å². The van der Waals surface area contributed by atoms with E-state index in [0.717, 1.165) is 6.42 Å². The van der Waals surface area contributed by atoms with Gasteiger partial charge >= 0.3 is 0 Å². The van der Waals surface area contributed by atoms with Gasteiger partial charge in [0.15, 0.2) is 0 Å². The first-order valence-corrected chi connectivity index (χ1v) is 4.35. The van der Waals surface area contributed by atoms with Crippen LogP contribution in [-0.4, -0.2) is 22.9 Å². The molecule has 1 rings (SSSR count).